The van der Waals surface area contributed by atoms with E-state index in [1.807, 2.05) is 0 Å². The van der Waals surface area contributed by atoms with Crippen molar-refractivity contribution in [1.29, 1.82) is 0 Å². The highest BCUT2D eigenvalue weighted by Gasteiger charge is 3.15. The van der Waals surface area contributed by atoms with Crippen molar-refractivity contribution in [3.8, 4) is 0 Å². The van der Waals surface area contributed by atoms with Gasteiger partial charge in [-0.05, 0) is 0 Å². The van der Waals surface area contributed by atoms with Crippen molar-refractivity contribution in [3.05, 3.63) is 0 Å². The first-order valence-electron chi connectivity index (χ1n) is 7.73. The Bertz CT molecular complexity index is 845. The Labute approximate surface area is 168 Å². The lowest BCUT2D eigenvalue weighted by Gasteiger charge is -2.64. The van der Waals surface area contributed by atoms with Gasteiger partial charge in [-0.15, -0.1) is 0 Å². The highest BCUT2D eigenvalue weighted by molar-refractivity contribution is 5.85. The second-order valence-electron chi connectivity index (χ2n) is 6.86. The lowest BCUT2D eigenvalue weighted by Crippen LogP contribution is -3.00. The molecule has 0 aromatic rings. The summed E-state index contributed by atoms with van der Waals surface area (Å²) in [6, 6.07) is 0. The van der Waals surface area contributed by atoms with E-state index in [1.165, 1.54) is 0 Å². The van der Waals surface area contributed by atoms with Gasteiger partial charge in [0, 0.05) is 0 Å². The standard InChI is InChI=1S/C13H5F17O3/c14-4(3(32)33-2-1-31)5(15)6(16,9(21,22)11(25,26)7(4,17)18)10(23,24)13(29,30)12(27,28)8(5,19)20/h31H,1-2H2. The van der Waals surface area contributed by atoms with Gasteiger partial charge >= 0.3 is 53.1 Å². The summed E-state index contributed by atoms with van der Waals surface area (Å²) in [5, 5.41) is 8.29. The number of carbonyl (C=O) groups is 1. The summed E-state index contributed by atoms with van der Waals surface area (Å²) in [5.41, 5.74) is -25.1. The lowest BCUT2D eigenvalue weighted by molar-refractivity contribution is -0.543. The Morgan fingerprint density at radius 2 is 0.818 bits per heavy atom. The smallest absolute Gasteiger partial charge is 0.382 e. The van der Waals surface area contributed by atoms with Crippen molar-refractivity contribution in [3.63, 3.8) is 0 Å². The molecule has 2 rings (SSSR count). The molecule has 3 nitrogen and oxygen atoms in total. The number of halogens is 17. The highest BCUT2D eigenvalue weighted by Crippen LogP contribution is 2.80. The Morgan fingerprint density at radius 3 is 1.15 bits per heavy atom. The predicted octanol–water partition coefficient (Wildman–Crippen LogP) is 4.12. The van der Waals surface area contributed by atoms with Crippen LogP contribution >= 0.6 is 0 Å². The fourth-order valence-electron chi connectivity index (χ4n) is 3.48. The second-order valence-corrected chi connectivity index (χ2v) is 6.86. The van der Waals surface area contributed by atoms with Crippen molar-refractivity contribution in [2.75, 3.05) is 13.2 Å². The van der Waals surface area contributed by atoms with Crippen LogP contribution < -0.4 is 0 Å². The number of aliphatic hydroxyl groups is 1. The summed E-state index contributed by atoms with van der Waals surface area (Å²) >= 11 is 0. The van der Waals surface area contributed by atoms with Crippen molar-refractivity contribution in [2.24, 2.45) is 0 Å². The molecular formula is C13H5F17O3. The van der Waals surface area contributed by atoms with Crippen LogP contribution in [0.5, 0.6) is 0 Å². The number of rotatable bonds is 3. The molecule has 0 radical (unpaired) electrons. The Morgan fingerprint density at radius 1 is 0.515 bits per heavy atom. The van der Waals surface area contributed by atoms with Crippen LogP contribution in [0, 0.1) is 0 Å². The number of hydrogen-bond donors (Lipinski definition) is 1. The van der Waals surface area contributed by atoms with E-state index in [1.54, 1.807) is 0 Å². The summed E-state index contributed by atoms with van der Waals surface area (Å²) < 4.78 is 242. The van der Waals surface area contributed by atoms with Crippen molar-refractivity contribution < 1.29 is 89.3 Å². The van der Waals surface area contributed by atoms with Crippen LogP contribution in [0.1, 0.15) is 0 Å². The zero-order valence-electron chi connectivity index (χ0n) is 14.6. The maximum absolute atomic E-state index is 15.1. The van der Waals surface area contributed by atoms with Crippen LogP contribution in [0.3, 0.4) is 0 Å². The third-order valence-corrected chi connectivity index (χ3v) is 5.26. The summed E-state index contributed by atoms with van der Waals surface area (Å²) in [5.74, 6) is -62.8. The third-order valence-electron chi connectivity index (χ3n) is 5.26. The Balaban J connectivity index is 3.26. The van der Waals surface area contributed by atoms with Gasteiger partial charge in [-0.25, -0.2) is 18.0 Å². The Kier molecular flexibility index (Phi) is 5.22. The number of fused-ring (bicyclic) bond motifs is 1. The number of aliphatic hydroxyl groups excluding tert-OH is 1. The van der Waals surface area contributed by atoms with Gasteiger partial charge in [0.25, 0.3) is 11.3 Å². The minimum atomic E-state index is -8.65. The van der Waals surface area contributed by atoms with Crippen molar-refractivity contribution >= 4 is 5.97 Å². The van der Waals surface area contributed by atoms with E-state index in [9.17, 15) is 75.0 Å². The summed E-state index contributed by atoms with van der Waals surface area (Å²) in [7, 11) is 0. The normalized spacial score (nSPS) is 41.0. The minimum absolute atomic E-state index is 1.72. The summed E-state index contributed by atoms with van der Waals surface area (Å²) in [4.78, 5) is 11.5. The average molecular weight is 532 g/mol. The van der Waals surface area contributed by atoms with Crippen LogP contribution in [0.15, 0.2) is 0 Å². The number of alkyl halides is 17. The van der Waals surface area contributed by atoms with Crippen LogP contribution in [-0.2, 0) is 9.53 Å². The van der Waals surface area contributed by atoms with E-state index in [-0.39, 0.29) is 0 Å². The van der Waals surface area contributed by atoms with Crippen LogP contribution in [0.25, 0.3) is 0 Å². The molecule has 2 saturated carbocycles. The molecule has 0 aliphatic heterocycles. The van der Waals surface area contributed by atoms with Gasteiger partial charge in [-0.1, -0.05) is 0 Å². The highest BCUT2D eigenvalue weighted by atomic mass is 19.4. The summed E-state index contributed by atoms with van der Waals surface area (Å²) in [6.45, 7) is -3.74. The van der Waals surface area contributed by atoms with Gasteiger partial charge in [0.1, 0.15) is 6.61 Å². The van der Waals surface area contributed by atoms with Gasteiger partial charge in [-0.2, -0.15) is 61.5 Å². The van der Waals surface area contributed by atoms with E-state index in [0.717, 1.165) is 0 Å². The Hall–Kier alpha value is -1.76. The number of hydrogen-bond acceptors (Lipinski definition) is 3. The molecule has 2 aliphatic rings. The topological polar surface area (TPSA) is 46.5 Å². The molecule has 0 bridgehead atoms. The molecule has 0 spiro atoms. The molecule has 0 aromatic heterocycles. The quantitative estimate of drug-likeness (QED) is 0.440. The number of esters is 1. The fourth-order valence-corrected chi connectivity index (χ4v) is 3.48. The predicted molar refractivity (Wildman–Crippen MR) is 64.2 cm³/mol. The lowest BCUT2D eigenvalue weighted by atomic mass is 9.50. The van der Waals surface area contributed by atoms with Gasteiger partial charge < -0.3 is 9.84 Å². The first-order chi connectivity index (χ1) is 14.2. The van der Waals surface area contributed by atoms with Crippen LogP contribution in [0.4, 0.5) is 74.6 Å². The van der Waals surface area contributed by atoms with E-state index in [4.69, 9.17) is 5.11 Å². The third kappa shape index (κ3) is 2.10. The van der Waals surface area contributed by atoms with Gasteiger partial charge in [0.15, 0.2) is 0 Å². The van der Waals surface area contributed by atoms with E-state index in [0.29, 0.717) is 0 Å². The molecule has 3 unspecified atom stereocenters. The first kappa shape index (κ1) is 27.5. The maximum Gasteiger partial charge on any atom is 0.382 e. The monoisotopic (exact) mass is 532 g/mol. The molecule has 3 atom stereocenters. The van der Waals surface area contributed by atoms with Gasteiger partial charge in [0.05, 0.1) is 6.61 Å². The maximum atomic E-state index is 15.1. The molecule has 2 fully saturated rings. The SMILES string of the molecule is O=C(OCCO)C1(F)C(F)(F)C(F)(F)C(F)(F)C2(F)C(F)(F)C(F)(F)C(F)(F)C(F)(F)C12F. The van der Waals surface area contributed by atoms with Crippen molar-refractivity contribution in [2.45, 2.75) is 58.5 Å². The molecule has 1 N–H and O–H groups in total. The largest absolute Gasteiger partial charge is 0.461 e. The zero-order chi connectivity index (χ0) is 26.7. The molecule has 2 aliphatic carbocycles. The van der Waals surface area contributed by atoms with Crippen molar-refractivity contribution in [1.82, 2.24) is 0 Å². The molecular weight excluding hydrogens is 527 g/mol. The average Bonchev–Trinajstić information content (AvgIpc) is 2.66. The number of ether oxygens (including phenoxy) is 1. The summed E-state index contributed by atoms with van der Waals surface area (Å²) in [6.07, 6.45) is 0. The van der Waals surface area contributed by atoms with Gasteiger partial charge in [0.2, 0.25) is 0 Å². The van der Waals surface area contributed by atoms with E-state index < -0.39 is 77.6 Å². The molecule has 0 aromatic carbocycles. The molecule has 33 heavy (non-hydrogen) atoms. The molecule has 0 saturated heterocycles. The molecule has 20 heteroatoms. The zero-order valence-corrected chi connectivity index (χ0v) is 14.6. The van der Waals surface area contributed by atoms with E-state index in [2.05, 4.69) is 4.74 Å². The fraction of sp³-hybridized carbons (Fsp3) is 0.923. The molecule has 0 heterocycles. The molecule has 0 amide bonds. The minimum Gasteiger partial charge on any atom is -0.461 e. The number of carbonyl (C=O) groups excluding carboxylic acids is 1. The molecule has 194 valence electrons. The second kappa shape index (κ2) is 6.27. The van der Waals surface area contributed by atoms with Crippen LogP contribution in [0.2, 0.25) is 0 Å². The van der Waals surface area contributed by atoms with E-state index >= 15 is 4.39 Å². The first-order valence-corrected chi connectivity index (χ1v) is 7.73. The van der Waals surface area contributed by atoms with Crippen LogP contribution in [-0.4, -0.2) is 82.8 Å². The van der Waals surface area contributed by atoms with Gasteiger partial charge in [-0.3, -0.25) is 0 Å².